The molecule has 0 aliphatic rings. The van der Waals surface area contributed by atoms with Gasteiger partial charge in [-0.2, -0.15) is 0 Å². The van der Waals surface area contributed by atoms with E-state index in [2.05, 4.69) is 60.6 Å². The number of benzene rings is 2. The summed E-state index contributed by atoms with van der Waals surface area (Å²) in [6.45, 7) is 8.40. The number of hydrogen-bond donors (Lipinski definition) is 1. The van der Waals surface area contributed by atoms with E-state index >= 15 is 0 Å². The molecule has 1 unspecified atom stereocenters. The van der Waals surface area contributed by atoms with Crippen LogP contribution in [0.5, 0.6) is 11.5 Å². The van der Waals surface area contributed by atoms with Crippen LogP contribution in [0.15, 0.2) is 47.6 Å². The normalized spacial score (nSPS) is 12.3. The second-order valence-corrected chi connectivity index (χ2v) is 9.85. The largest absolute Gasteiger partial charge is 0.497 e. The number of methoxy groups -OCH3 is 2. The molecule has 0 aliphatic heterocycles. The van der Waals surface area contributed by atoms with Crippen molar-refractivity contribution in [2.75, 3.05) is 19.5 Å². The summed E-state index contributed by atoms with van der Waals surface area (Å²) >= 11 is 1.36. The van der Waals surface area contributed by atoms with Crippen molar-refractivity contribution in [3.63, 3.8) is 0 Å². The summed E-state index contributed by atoms with van der Waals surface area (Å²) in [7, 11) is 5.05. The van der Waals surface area contributed by atoms with Gasteiger partial charge in [-0.15, -0.1) is 10.2 Å². The Morgan fingerprint density at radius 2 is 1.62 bits per heavy atom. The van der Waals surface area contributed by atoms with E-state index in [1.165, 1.54) is 17.3 Å². The lowest BCUT2D eigenvalue weighted by atomic mass is 9.87. The van der Waals surface area contributed by atoms with Gasteiger partial charge in [0, 0.05) is 36.5 Å². The first-order chi connectivity index (χ1) is 15.1. The predicted octanol–water partition coefficient (Wildman–Crippen LogP) is 4.92. The zero-order valence-electron chi connectivity index (χ0n) is 19.6. The molecule has 0 bridgehead atoms. The number of ether oxygens (including phenoxy) is 2. The highest BCUT2D eigenvalue weighted by molar-refractivity contribution is 8.00. The van der Waals surface area contributed by atoms with Crippen LogP contribution in [0.3, 0.4) is 0 Å². The first-order valence-corrected chi connectivity index (χ1v) is 11.2. The number of anilines is 1. The number of nitrogens with one attached hydrogen (secondary N) is 1. The Morgan fingerprint density at radius 3 is 2.16 bits per heavy atom. The van der Waals surface area contributed by atoms with Gasteiger partial charge in [-0.25, -0.2) is 0 Å². The molecule has 1 N–H and O–H groups in total. The Labute approximate surface area is 193 Å². The standard InChI is InChI=1S/C24H30N4O3S/c1-15(22(29)25-18-12-19(30-6)14-20(13-18)31-7)32-23-27-26-21(28(23)5)16-8-10-17(11-9-16)24(2,3)4/h8-15H,1-7H3,(H,25,29). The highest BCUT2D eigenvalue weighted by Crippen LogP contribution is 2.30. The van der Waals surface area contributed by atoms with Crippen LogP contribution in [0.25, 0.3) is 11.4 Å². The van der Waals surface area contributed by atoms with Crippen molar-refractivity contribution in [1.82, 2.24) is 14.8 Å². The summed E-state index contributed by atoms with van der Waals surface area (Å²) in [5, 5.41) is 11.9. The fourth-order valence-corrected chi connectivity index (χ4v) is 3.94. The van der Waals surface area contributed by atoms with Crippen molar-refractivity contribution >= 4 is 23.4 Å². The second kappa shape index (κ2) is 9.65. The summed E-state index contributed by atoms with van der Waals surface area (Å²) in [4.78, 5) is 12.8. The van der Waals surface area contributed by atoms with Crippen molar-refractivity contribution in [3.05, 3.63) is 48.0 Å². The minimum absolute atomic E-state index is 0.0923. The van der Waals surface area contributed by atoms with Crippen LogP contribution in [-0.2, 0) is 17.3 Å². The van der Waals surface area contributed by atoms with Crippen molar-refractivity contribution in [2.24, 2.45) is 7.05 Å². The highest BCUT2D eigenvalue weighted by atomic mass is 32.2. The maximum absolute atomic E-state index is 12.8. The van der Waals surface area contributed by atoms with Crippen LogP contribution in [0.4, 0.5) is 5.69 Å². The summed E-state index contributed by atoms with van der Waals surface area (Å²) < 4.78 is 12.4. The van der Waals surface area contributed by atoms with E-state index in [4.69, 9.17) is 9.47 Å². The molecule has 0 radical (unpaired) electrons. The predicted molar refractivity (Wildman–Crippen MR) is 129 cm³/mol. The molecule has 1 atom stereocenters. The molecule has 8 heteroatoms. The van der Waals surface area contributed by atoms with Gasteiger partial charge in [-0.1, -0.05) is 56.8 Å². The minimum Gasteiger partial charge on any atom is -0.497 e. The SMILES string of the molecule is COc1cc(NC(=O)C(C)Sc2nnc(-c3ccc(C(C)(C)C)cc3)n2C)cc(OC)c1. The summed E-state index contributed by atoms with van der Waals surface area (Å²) in [6, 6.07) is 13.6. The Bertz CT molecular complexity index is 1070. The van der Waals surface area contributed by atoms with Crippen LogP contribution in [0, 0.1) is 0 Å². The molecule has 2 aromatic carbocycles. The lowest BCUT2D eigenvalue weighted by Crippen LogP contribution is -2.22. The third-order valence-corrected chi connectivity index (χ3v) is 6.25. The highest BCUT2D eigenvalue weighted by Gasteiger charge is 2.20. The monoisotopic (exact) mass is 454 g/mol. The molecule has 7 nitrogen and oxygen atoms in total. The second-order valence-electron chi connectivity index (χ2n) is 8.54. The van der Waals surface area contributed by atoms with Crippen LogP contribution in [-0.4, -0.2) is 40.1 Å². The topological polar surface area (TPSA) is 78.3 Å². The van der Waals surface area contributed by atoms with Gasteiger partial charge in [0.2, 0.25) is 5.91 Å². The van der Waals surface area contributed by atoms with Crippen molar-refractivity contribution < 1.29 is 14.3 Å². The quantitative estimate of drug-likeness (QED) is 0.511. The molecule has 3 rings (SSSR count). The maximum Gasteiger partial charge on any atom is 0.237 e. The molecule has 3 aromatic rings. The Morgan fingerprint density at radius 1 is 1.03 bits per heavy atom. The molecule has 0 aliphatic carbocycles. The third kappa shape index (κ3) is 5.43. The number of carbonyl (C=O) groups excluding carboxylic acids is 1. The van der Waals surface area contributed by atoms with Gasteiger partial charge in [0.05, 0.1) is 19.5 Å². The summed E-state index contributed by atoms with van der Waals surface area (Å²) in [5.41, 5.74) is 2.95. The molecule has 1 heterocycles. The molecule has 0 saturated heterocycles. The summed E-state index contributed by atoms with van der Waals surface area (Å²) in [5.74, 6) is 1.83. The average Bonchev–Trinajstić information content (AvgIpc) is 3.12. The van der Waals surface area contributed by atoms with Crippen LogP contribution in [0.1, 0.15) is 33.3 Å². The average molecular weight is 455 g/mol. The molecular weight excluding hydrogens is 424 g/mol. The number of thioether (sulfide) groups is 1. The lowest BCUT2D eigenvalue weighted by Gasteiger charge is -2.19. The van der Waals surface area contributed by atoms with Crippen molar-refractivity contribution in [1.29, 1.82) is 0 Å². The summed E-state index contributed by atoms with van der Waals surface area (Å²) in [6.07, 6.45) is 0. The number of nitrogens with zero attached hydrogens (tertiary/aromatic N) is 3. The molecule has 32 heavy (non-hydrogen) atoms. The number of hydrogen-bond acceptors (Lipinski definition) is 6. The van der Waals surface area contributed by atoms with E-state index in [1.807, 2.05) is 18.5 Å². The zero-order valence-corrected chi connectivity index (χ0v) is 20.4. The molecule has 0 saturated carbocycles. The van der Waals surface area contributed by atoms with Crippen molar-refractivity contribution in [3.8, 4) is 22.9 Å². The van der Waals surface area contributed by atoms with Gasteiger partial charge >= 0.3 is 0 Å². The molecule has 0 fully saturated rings. The van der Waals surface area contributed by atoms with Crippen LogP contribution < -0.4 is 14.8 Å². The first-order valence-electron chi connectivity index (χ1n) is 10.3. The van der Waals surface area contributed by atoms with Gasteiger partial charge in [0.1, 0.15) is 11.5 Å². The third-order valence-electron chi connectivity index (χ3n) is 5.11. The van der Waals surface area contributed by atoms with E-state index in [9.17, 15) is 4.79 Å². The molecule has 1 aromatic heterocycles. The zero-order chi connectivity index (χ0) is 23.5. The number of rotatable bonds is 7. The van der Waals surface area contributed by atoms with Crippen LogP contribution in [0.2, 0.25) is 0 Å². The van der Waals surface area contributed by atoms with Gasteiger partial charge in [0.25, 0.3) is 0 Å². The Hall–Kier alpha value is -3.00. The van der Waals surface area contributed by atoms with E-state index in [0.717, 1.165) is 11.4 Å². The molecular formula is C24H30N4O3S. The maximum atomic E-state index is 12.8. The van der Waals surface area contributed by atoms with Gasteiger partial charge in [-0.05, 0) is 17.9 Å². The Kier molecular flexibility index (Phi) is 7.13. The lowest BCUT2D eigenvalue weighted by molar-refractivity contribution is -0.115. The number of amides is 1. The minimum atomic E-state index is -0.383. The fourth-order valence-electron chi connectivity index (χ4n) is 3.12. The first kappa shape index (κ1) is 23.7. The van der Waals surface area contributed by atoms with Gasteiger partial charge in [0.15, 0.2) is 11.0 Å². The van der Waals surface area contributed by atoms with Gasteiger partial charge in [-0.3, -0.25) is 4.79 Å². The smallest absolute Gasteiger partial charge is 0.237 e. The van der Waals surface area contributed by atoms with Gasteiger partial charge < -0.3 is 19.4 Å². The fraction of sp³-hybridized carbons (Fsp3) is 0.375. The Balaban J connectivity index is 1.71. The van der Waals surface area contributed by atoms with E-state index < -0.39 is 0 Å². The van der Waals surface area contributed by atoms with E-state index in [0.29, 0.717) is 22.3 Å². The number of carbonyl (C=O) groups is 1. The molecule has 0 spiro atoms. The van der Waals surface area contributed by atoms with E-state index in [1.54, 1.807) is 32.4 Å². The molecule has 170 valence electrons. The van der Waals surface area contributed by atoms with E-state index in [-0.39, 0.29) is 16.6 Å². The van der Waals surface area contributed by atoms with Crippen LogP contribution >= 0.6 is 11.8 Å². The number of aromatic nitrogens is 3. The molecule has 1 amide bonds. The van der Waals surface area contributed by atoms with Crippen molar-refractivity contribution in [2.45, 2.75) is 43.5 Å².